The Labute approximate surface area is 84.2 Å². The highest BCUT2D eigenvalue weighted by atomic mass is 79.9. The zero-order chi connectivity index (χ0) is 8.60. The number of rotatable bonds is 3. The van der Waals surface area contributed by atoms with E-state index in [9.17, 15) is 0 Å². The zero-order valence-corrected chi connectivity index (χ0v) is 9.57. The standard InChI is InChI=1S/C11H19Br/c1-2-9(8-12)10-6-11(7-10)4-3-5-11/h9-10H,2-8H2,1H3. The van der Waals surface area contributed by atoms with E-state index in [2.05, 4.69) is 22.9 Å². The zero-order valence-electron chi connectivity index (χ0n) is 7.98. The second kappa shape index (κ2) is 3.32. The Morgan fingerprint density at radius 2 is 2.08 bits per heavy atom. The average molecular weight is 231 g/mol. The quantitative estimate of drug-likeness (QED) is 0.644. The van der Waals surface area contributed by atoms with Gasteiger partial charge in [0.1, 0.15) is 0 Å². The molecule has 0 aromatic rings. The number of hydrogen-bond acceptors (Lipinski definition) is 0. The maximum absolute atomic E-state index is 3.63. The van der Waals surface area contributed by atoms with Gasteiger partial charge < -0.3 is 0 Å². The van der Waals surface area contributed by atoms with Gasteiger partial charge in [0.25, 0.3) is 0 Å². The Morgan fingerprint density at radius 3 is 2.42 bits per heavy atom. The fourth-order valence-corrected chi connectivity index (χ4v) is 4.03. The minimum absolute atomic E-state index is 0.875. The van der Waals surface area contributed by atoms with Gasteiger partial charge in [0.15, 0.2) is 0 Å². The third-order valence-corrected chi connectivity index (χ3v) is 5.03. The van der Waals surface area contributed by atoms with E-state index in [1.165, 1.54) is 18.2 Å². The Hall–Kier alpha value is 0.480. The minimum atomic E-state index is 0.875. The number of hydrogen-bond donors (Lipinski definition) is 0. The second-order valence-electron chi connectivity index (χ2n) is 4.84. The molecule has 2 fully saturated rings. The van der Waals surface area contributed by atoms with Gasteiger partial charge in [-0.15, -0.1) is 0 Å². The summed E-state index contributed by atoms with van der Waals surface area (Å²) in [6, 6.07) is 0. The Morgan fingerprint density at radius 1 is 1.42 bits per heavy atom. The molecule has 0 nitrogen and oxygen atoms in total. The van der Waals surface area contributed by atoms with E-state index in [1.54, 1.807) is 25.7 Å². The molecule has 2 aliphatic carbocycles. The molecule has 1 heteroatoms. The summed E-state index contributed by atoms with van der Waals surface area (Å²) in [5, 5.41) is 1.23. The van der Waals surface area contributed by atoms with Gasteiger partial charge in [-0.25, -0.2) is 0 Å². The molecule has 0 bridgehead atoms. The van der Waals surface area contributed by atoms with Crippen LogP contribution in [0.25, 0.3) is 0 Å². The largest absolute Gasteiger partial charge is 0.0925 e. The van der Waals surface area contributed by atoms with Crippen molar-refractivity contribution in [2.24, 2.45) is 17.3 Å². The van der Waals surface area contributed by atoms with Crippen LogP contribution in [0.3, 0.4) is 0 Å². The lowest BCUT2D eigenvalue weighted by atomic mass is 9.49. The minimum Gasteiger partial charge on any atom is -0.0925 e. The molecule has 12 heavy (non-hydrogen) atoms. The van der Waals surface area contributed by atoms with Crippen LogP contribution in [0.1, 0.15) is 45.4 Å². The molecule has 2 saturated carbocycles. The lowest BCUT2D eigenvalue weighted by Gasteiger charge is -2.56. The van der Waals surface area contributed by atoms with Gasteiger partial charge in [0, 0.05) is 5.33 Å². The summed E-state index contributed by atoms with van der Waals surface area (Å²) < 4.78 is 0. The Balaban J connectivity index is 1.79. The first kappa shape index (κ1) is 9.05. The summed E-state index contributed by atoms with van der Waals surface area (Å²) in [7, 11) is 0. The van der Waals surface area contributed by atoms with Crippen molar-refractivity contribution >= 4 is 15.9 Å². The van der Waals surface area contributed by atoms with Crippen molar-refractivity contribution in [3.05, 3.63) is 0 Å². The van der Waals surface area contributed by atoms with Gasteiger partial charge in [-0.05, 0) is 42.9 Å². The normalized spacial score (nSPS) is 29.5. The fourth-order valence-electron chi connectivity index (χ4n) is 3.04. The van der Waals surface area contributed by atoms with Gasteiger partial charge >= 0.3 is 0 Å². The second-order valence-corrected chi connectivity index (χ2v) is 5.49. The van der Waals surface area contributed by atoms with E-state index in [-0.39, 0.29) is 0 Å². The molecule has 0 heterocycles. The molecule has 2 aliphatic rings. The fraction of sp³-hybridized carbons (Fsp3) is 1.00. The summed E-state index contributed by atoms with van der Waals surface area (Å²) in [6.45, 7) is 2.33. The van der Waals surface area contributed by atoms with E-state index < -0.39 is 0 Å². The molecule has 1 spiro atoms. The Bertz CT molecular complexity index is 148. The van der Waals surface area contributed by atoms with Crippen molar-refractivity contribution in [3.63, 3.8) is 0 Å². The molecule has 0 aromatic heterocycles. The van der Waals surface area contributed by atoms with Crippen molar-refractivity contribution in [1.82, 2.24) is 0 Å². The van der Waals surface area contributed by atoms with E-state index in [0.29, 0.717) is 0 Å². The third kappa shape index (κ3) is 1.34. The summed E-state index contributed by atoms with van der Waals surface area (Å²) in [4.78, 5) is 0. The molecule has 0 aromatic carbocycles. The maximum Gasteiger partial charge on any atom is 0.00622 e. The van der Waals surface area contributed by atoms with E-state index in [4.69, 9.17) is 0 Å². The van der Waals surface area contributed by atoms with Gasteiger partial charge in [0.2, 0.25) is 0 Å². The molecule has 0 aliphatic heterocycles. The van der Waals surface area contributed by atoms with Crippen LogP contribution >= 0.6 is 15.9 Å². The summed E-state index contributed by atoms with van der Waals surface area (Å²) in [5.41, 5.74) is 0.875. The van der Waals surface area contributed by atoms with Crippen LogP contribution in [0.15, 0.2) is 0 Å². The lowest BCUT2D eigenvalue weighted by Crippen LogP contribution is -2.45. The van der Waals surface area contributed by atoms with Crippen molar-refractivity contribution in [3.8, 4) is 0 Å². The molecule has 70 valence electrons. The SMILES string of the molecule is CCC(CBr)C1CC2(CCC2)C1. The molecule has 0 saturated heterocycles. The average Bonchev–Trinajstić information content (AvgIpc) is 1.91. The molecule has 1 atom stereocenters. The van der Waals surface area contributed by atoms with E-state index >= 15 is 0 Å². The molecule has 2 rings (SSSR count). The van der Waals surface area contributed by atoms with Crippen LogP contribution in [-0.2, 0) is 0 Å². The predicted molar refractivity (Wildman–Crippen MR) is 56.6 cm³/mol. The van der Waals surface area contributed by atoms with E-state index in [1.807, 2.05) is 0 Å². The van der Waals surface area contributed by atoms with Gasteiger partial charge in [0.05, 0.1) is 0 Å². The molecular formula is C11H19Br. The third-order valence-electron chi connectivity index (χ3n) is 4.19. The highest BCUT2D eigenvalue weighted by Crippen LogP contribution is 2.60. The molecule has 0 radical (unpaired) electrons. The Kier molecular flexibility index (Phi) is 2.51. The lowest BCUT2D eigenvalue weighted by molar-refractivity contribution is -0.0461. The van der Waals surface area contributed by atoms with Crippen LogP contribution in [0.2, 0.25) is 0 Å². The first-order valence-electron chi connectivity index (χ1n) is 5.35. The van der Waals surface area contributed by atoms with Gasteiger partial charge in [-0.2, -0.15) is 0 Å². The smallest absolute Gasteiger partial charge is 0.00622 e. The number of halogens is 1. The predicted octanol–water partition coefficient (Wildman–Crippen LogP) is 3.99. The van der Waals surface area contributed by atoms with E-state index in [0.717, 1.165) is 17.3 Å². The van der Waals surface area contributed by atoms with Crippen molar-refractivity contribution in [1.29, 1.82) is 0 Å². The highest BCUT2D eigenvalue weighted by Gasteiger charge is 2.49. The van der Waals surface area contributed by atoms with Crippen LogP contribution in [0.5, 0.6) is 0 Å². The highest BCUT2D eigenvalue weighted by molar-refractivity contribution is 9.09. The van der Waals surface area contributed by atoms with Gasteiger partial charge in [-0.1, -0.05) is 35.7 Å². The van der Waals surface area contributed by atoms with Crippen LogP contribution in [0, 0.1) is 17.3 Å². The first-order chi connectivity index (χ1) is 5.79. The molecule has 0 amide bonds. The van der Waals surface area contributed by atoms with Crippen LogP contribution < -0.4 is 0 Å². The van der Waals surface area contributed by atoms with Crippen LogP contribution in [0.4, 0.5) is 0 Å². The van der Waals surface area contributed by atoms with Gasteiger partial charge in [-0.3, -0.25) is 0 Å². The molecule has 0 N–H and O–H groups in total. The molecular weight excluding hydrogens is 212 g/mol. The molecule has 1 unspecified atom stereocenters. The summed E-state index contributed by atoms with van der Waals surface area (Å²) in [5.74, 6) is 2.03. The van der Waals surface area contributed by atoms with Crippen molar-refractivity contribution in [2.45, 2.75) is 45.4 Å². The monoisotopic (exact) mass is 230 g/mol. The van der Waals surface area contributed by atoms with Crippen molar-refractivity contribution in [2.75, 3.05) is 5.33 Å². The maximum atomic E-state index is 3.63. The number of alkyl halides is 1. The van der Waals surface area contributed by atoms with Crippen LogP contribution in [-0.4, -0.2) is 5.33 Å². The topological polar surface area (TPSA) is 0 Å². The summed E-state index contributed by atoms with van der Waals surface area (Å²) in [6.07, 6.45) is 9.07. The summed E-state index contributed by atoms with van der Waals surface area (Å²) >= 11 is 3.63. The first-order valence-corrected chi connectivity index (χ1v) is 6.48. The van der Waals surface area contributed by atoms with Crippen molar-refractivity contribution < 1.29 is 0 Å².